The molecule has 0 bridgehead atoms. The highest BCUT2D eigenvalue weighted by Crippen LogP contribution is 2.39. The predicted molar refractivity (Wildman–Crippen MR) is 58.4 cm³/mol. The Morgan fingerprint density at radius 3 is 2.57 bits per heavy atom. The van der Waals surface area contributed by atoms with Gasteiger partial charge >= 0.3 is 0 Å². The molecule has 76 valence electrons. The van der Waals surface area contributed by atoms with E-state index in [1.54, 1.807) is 6.20 Å². The smallest absolute Gasteiger partial charge is 0.0589 e. The Kier molecular flexibility index (Phi) is 2.75. The fraction of sp³-hybridized carbons (Fsp3) is 0.545. The molecule has 0 aliphatic heterocycles. The highest BCUT2D eigenvalue weighted by molar-refractivity contribution is 6.30. The maximum atomic E-state index is 5.87. The Morgan fingerprint density at radius 1 is 1.36 bits per heavy atom. The second-order valence-electron chi connectivity index (χ2n) is 4.05. The minimum absolute atomic E-state index is 0.130. The molecular weight excluding hydrogens is 196 g/mol. The first kappa shape index (κ1) is 9.94. The lowest BCUT2D eigenvalue weighted by atomic mass is 9.82. The maximum absolute atomic E-state index is 5.87. The molecule has 0 unspecified atom stereocenters. The molecule has 1 saturated carbocycles. The standard InChI is InChI=1S/C11H15ClN2/c12-9-3-4-10(14-7-9)11(8-13)5-1-2-6-11/h3-4,7H,1-2,5-6,8,13H2. The molecule has 1 fully saturated rings. The van der Waals surface area contributed by atoms with Gasteiger partial charge in [0.1, 0.15) is 0 Å². The fourth-order valence-electron chi connectivity index (χ4n) is 2.31. The zero-order valence-electron chi connectivity index (χ0n) is 8.17. The van der Waals surface area contributed by atoms with Crippen LogP contribution in [-0.2, 0) is 5.41 Å². The topological polar surface area (TPSA) is 38.9 Å². The van der Waals surface area contributed by atoms with Gasteiger partial charge in [-0.1, -0.05) is 24.4 Å². The highest BCUT2D eigenvalue weighted by Gasteiger charge is 2.35. The van der Waals surface area contributed by atoms with Crippen molar-refractivity contribution in [2.75, 3.05) is 6.54 Å². The lowest BCUT2D eigenvalue weighted by Crippen LogP contribution is -2.32. The molecule has 2 rings (SSSR count). The average Bonchev–Trinajstić information content (AvgIpc) is 2.68. The van der Waals surface area contributed by atoms with Gasteiger partial charge in [0.2, 0.25) is 0 Å². The molecule has 2 nitrogen and oxygen atoms in total. The quantitative estimate of drug-likeness (QED) is 0.815. The van der Waals surface area contributed by atoms with E-state index in [4.69, 9.17) is 17.3 Å². The number of nitrogens with zero attached hydrogens (tertiary/aromatic N) is 1. The van der Waals surface area contributed by atoms with E-state index in [0.29, 0.717) is 11.6 Å². The summed E-state index contributed by atoms with van der Waals surface area (Å²) in [7, 11) is 0. The molecule has 0 atom stereocenters. The summed E-state index contributed by atoms with van der Waals surface area (Å²) in [5, 5.41) is 0.693. The summed E-state index contributed by atoms with van der Waals surface area (Å²) >= 11 is 5.81. The minimum Gasteiger partial charge on any atom is -0.330 e. The van der Waals surface area contributed by atoms with Gasteiger partial charge in [-0.15, -0.1) is 0 Å². The summed E-state index contributed by atoms with van der Waals surface area (Å²) in [6, 6.07) is 3.92. The van der Waals surface area contributed by atoms with Gasteiger partial charge in [-0.05, 0) is 25.0 Å². The van der Waals surface area contributed by atoms with E-state index >= 15 is 0 Å². The Morgan fingerprint density at radius 2 is 2.07 bits per heavy atom. The number of nitrogens with two attached hydrogens (primary N) is 1. The number of pyridine rings is 1. The maximum Gasteiger partial charge on any atom is 0.0589 e. The molecular formula is C11H15ClN2. The number of halogens is 1. The zero-order chi connectivity index (χ0) is 10.0. The van der Waals surface area contributed by atoms with Crippen LogP contribution in [0, 0.1) is 0 Å². The first-order valence-electron chi connectivity index (χ1n) is 5.09. The summed E-state index contributed by atoms with van der Waals surface area (Å²) in [6.07, 6.45) is 6.58. The Hall–Kier alpha value is -0.600. The van der Waals surface area contributed by atoms with Gasteiger partial charge in [0, 0.05) is 23.9 Å². The van der Waals surface area contributed by atoms with Crippen molar-refractivity contribution in [1.82, 2.24) is 4.98 Å². The molecule has 1 aliphatic carbocycles. The lowest BCUT2D eigenvalue weighted by molar-refractivity contribution is 0.439. The highest BCUT2D eigenvalue weighted by atomic mass is 35.5. The van der Waals surface area contributed by atoms with Crippen molar-refractivity contribution < 1.29 is 0 Å². The van der Waals surface area contributed by atoms with Gasteiger partial charge in [0.15, 0.2) is 0 Å². The number of aromatic nitrogens is 1. The molecule has 0 amide bonds. The third-order valence-electron chi connectivity index (χ3n) is 3.22. The van der Waals surface area contributed by atoms with E-state index in [-0.39, 0.29) is 5.41 Å². The SMILES string of the molecule is NCC1(c2ccc(Cl)cn2)CCCC1. The average molecular weight is 211 g/mol. The van der Waals surface area contributed by atoms with Crippen LogP contribution in [0.4, 0.5) is 0 Å². The molecule has 0 aromatic carbocycles. The van der Waals surface area contributed by atoms with Gasteiger partial charge < -0.3 is 5.73 Å². The van der Waals surface area contributed by atoms with Gasteiger partial charge in [0.05, 0.1) is 5.02 Å². The Balaban J connectivity index is 2.31. The van der Waals surface area contributed by atoms with Gasteiger partial charge in [0.25, 0.3) is 0 Å². The normalized spacial score (nSPS) is 19.9. The molecule has 0 radical (unpaired) electrons. The molecule has 2 N–H and O–H groups in total. The second kappa shape index (κ2) is 3.87. The van der Waals surface area contributed by atoms with Crippen LogP contribution in [0.2, 0.25) is 5.02 Å². The van der Waals surface area contributed by atoms with Gasteiger partial charge in [-0.3, -0.25) is 4.98 Å². The monoisotopic (exact) mass is 210 g/mol. The van der Waals surface area contributed by atoms with E-state index in [0.717, 1.165) is 18.5 Å². The van der Waals surface area contributed by atoms with E-state index in [2.05, 4.69) is 4.98 Å². The largest absolute Gasteiger partial charge is 0.330 e. The molecule has 14 heavy (non-hydrogen) atoms. The van der Waals surface area contributed by atoms with Crippen molar-refractivity contribution >= 4 is 11.6 Å². The van der Waals surface area contributed by atoms with Crippen LogP contribution in [0.1, 0.15) is 31.4 Å². The molecule has 3 heteroatoms. The van der Waals surface area contributed by atoms with Crippen LogP contribution < -0.4 is 5.73 Å². The first-order chi connectivity index (χ1) is 6.77. The van der Waals surface area contributed by atoms with Crippen LogP contribution in [0.25, 0.3) is 0 Å². The van der Waals surface area contributed by atoms with Crippen molar-refractivity contribution in [1.29, 1.82) is 0 Å². The summed E-state index contributed by atoms with van der Waals surface area (Å²) in [5.74, 6) is 0. The number of hydrogen-bond acceptors (Lipinski definition) is 2. The molecule has 0 saturated heterocycles. The molecule has 1 aromatic heterocycles. The van der Waals surface area contributed by atoms with Gasteiger partial charge in [-0.2, -0.15) is 0 Å². The minimum atomic E-state index is 0.130. The number of rotatable bonds is 2. The lowest BCUT2D eigenvalue weighted by Gasteiger charge is -2.26. The van der Waals surface area contributed by atoms with Crippen molar-refractivity contribution in [3.8, 4) is 0 Å². The Bertz CT molecular complexity index is 302. The summed E-state index contributed by atoms with van der Waals surface area (Å²) < 4.78 is 0. The van der Waals surface area contributed by atoms with E-state index in [1.807, 2.05) is 12.1 Å². The second-order valence-corrected chi connectivity index (χ2v) is 4.49. The summed E-state index contributed by atoms with van der Waals surface area (Å²) in [6.45, 7) is 0.696. The molecule has 0 spiro atoms. The van der Waals surface area contributed by atoms with Crippen molar-refractivity contribution in [3.63, 3.8) is 0 Å². The van der Waals surface area contributed by atoms with E-state index in [1.165, 1.54) is 12.8 Å². The molecule has 1 aromatic rings. The van der Waals surface area contributed by atoms with Crippen LogP contribution in [0.3, 0.4) is 0 Å². The van der Waals surface area contributed by atoms with Crippen LogP contribution in [0.15, 0.2) is 18.3 Å². The van der Waals surface area contributed by atoms with Crippen LogP contribution >= 0.6 is 11.6 Å². The van der Waals surface area contributed by atoms with Crippen LogP contribution in [-0.4, -0.2) is 11.5 Å². The summed E-state index contributed by atoms with van der Waals surface area (Å²) in [5.41, 5.74) is 7.11. The summed E-state index contributed by atoms with van der Waals surface area (Å²) in [4.78, 5) is 4.39. The van der Waals surface area contributed by atoms with Crippen molar-refractivity contribution in [2.45, 2.75) is 31.1 Å². The van der Waals surface area contributed by atoms with Crippen LogP contribution in [0.5, 0.6) is 0 Å². The van der Waals surface area contributed by atoms with E-state index in [9.17, 15) is 0 Å². The zero-order valence-corrected chi connectivity index (χ0v) is 8.93. The van der Waals surface area contributed by atoms with Crippen molar-refractivity contribution in [3.05, 3.63) is 29.0 Å². The predicted octanol–water partition coefficient (Wildman–Crippen LogP) is 2.51. The third-order valence-corrected chi connectivity index (χ3v) is 3.45. The third kappa shape index (κ3) is 1.64. The van der Waals surface area contributed by atoms with E-state index < -0.39 is 0 Å². The van der Waals surface area contributed by atoms with Gasteiger partial charge in [-0.25, -0.2) is 0 Å². The van der Waals surface area contributed by atoms with Crippen molar-refractivity contribution in [2.24, 2.45) is 5.73 Å². The molecule has 1 heterocycles. The first-order valence-corrected chi connectivity index (χ1v) is 5.47. The fourth-order valence-corrected chi connectivity index (χ4v) is 2.42. The number of hydrogen-bond donors (Lipinski definition) is 1. The molecule has 1 aliphatic rings. The Labute approximate surface area is 89.5 Å².